The molecule has 0 saturated heterocycles. The van der Waals surface area contributed by atoms with E-state index in [4.69, 9.17) is 15.0 Å². The third-order valence-electron chi connectivity index (χ3n) is 11.6. The lowest BCUT2D eigenvalue weighted by molar-refractivity contribution is 1.08. The molecular formula is C53H31N3. The molecule has 0 aliphatic heterocycles. The smallest absolute Gasteiger partial charge is 0.164 e. The largest absolute Gasteiger partial charge is 0.208 e. The Hall–Kier alpha value is -7.49. The van der Waals surface area contributed by atoms with Crippen LogP contribution in [0.3, 0.4) is 0 Å². The summed E-state index contributed by atoms with van der Waals surface area (Å²) in [5, 5.41) is 17.1. The van der Waals surface area contributed by atoms with Crippen molar-refractivity contribution in [2.75, 3.05) is 0 Å². The van der Waals surface area contributed by atoms with Crippen LogP contribution in [0.25, 0.3) is 121 Å². The Kier molecular flexibility index (Phi) is 6.63. The van der Waals surface area contributed by atoms with Crippen LogP contribution in [0.5, 0.6) is 0 Å². The van der Waals surface area contributed by atoms with Gasteiger partial charge in [-0.3, -0.25) is 0 Å². The van der Waals surface area contributed by atoms with Crippen LogP contribution in [0.4, 0.5) is 0 Å². The third kappa shape index (κ3) is 4.68. The van der Waals surface area contributed by atoms with E-state index >= 15 is 0 Å². The maximum atomic E-state index is 5.33. The number of hydrogen-bond acceptors (Lipinski definition) is 3. The van der Waals surface area contributed by atoms with Crippen LogP contribution in [0.15, 0.2) is 188 Å². The average Bonchev–Trinajstić information content (AvgIpc) is 3.27. The fourth-order valence-electron chi connectivity index (χ4n) is 9.06. The van der Waals surface area contributed by atoms with E-state index in [9.17, 15) is 0 Å². The molecule has 0 aliphatic carbocycles. The minimum absolute atomic E-state index is 0.639. The molecule has 258 valence electrons. The Morgan fingerprint density at radius 3 is 1.41 bits per heavy atom. The molecule has 3 nitrogen and oxygen atoms in total. The van der Waals surface area contributed by atoms with Crippen LogP contribution in [0.1, 0.15) is 0 Å². The molecule has 3 heteroatoms. The molecule has 0 saturated carbocycles. The van der Waals surface area contributed by atoms with E-state index in [0.29, 0.717) is 17.5 Å². The minimum atomic E-state index is 0.639. The second-order valence-corrected chi connectivity index (χ2v) is 14.7. The lowest BCUT2D eigenvalue weighted by atomic mass is 9.87. The Morgan fingerprint density at radius 1 is 0.232 bits per heavy atom. The number of aromatic nitrogens is 3. The highest BCUT2D eigenvalue weighted by Crippen LogP contribution is 2.44. The van der Waals surface area contributed by atoms with Gasteiger partial charge in [-0.1, -0.05) is 170 Å². The molecule has 11 aromatic carbocycles. The molecular weight excluding hydrogens is 679 g/mol. The molecule has 0 aliphatic rings. The highest BCUT2D eigenvalue weighted by Gasteiger charge is 2.19. The summed E-state index contributed by atoms with van der Waals surface area (Å²) in [4.78, 5) is 15.9. The van der Waals surface area contributed by atoms with Crippen molar-refractivity contribution in [2.45, 2.75) is 0 Å². The first-order valence-corrected chi connectivity index (χ1v) is 19.1. The number of benzene rings is 10. The summed E-state index contributed by atoms with van der Waals surface area (Å²) < 4.78 is 0. The average molecular weight is 710 g/mol. The van der Waals surface area contributed by atoms with Crippen LogP contribution in [0, 0.1) is 0 Å². The van der Waals surface area contributed by atoms with Crippen LogP contribution < -0.4 is 0 Å². The van der Waals surface area contributed by atoms with E-state index in [2.05, 4.69) is 182 Å². The first-order chi connectivity index (χ1) is 27.7. The SMILES string of the molecule is c1ccc(-c2cccc(-c3nc(-c4cc5ccc6cccc7c8cccc9ccc%10cccc(c(c4)c5c67)c%10c98)nc(-c4cccc5ccccc45)n3)c2)cc1. The van der Waals surface area contributed by atoms with Crippen LogP contribution in [-0.2, 0) is 0 Å². The second-order valence-electron chi connectivity index (χ2n) is 14.7. The predicted octanol–water partition coefficient (Wildman–Crippen LogP) is 14.0. The van der Waals surface area contributed by atoms with Gasteiger partial charge in [0.05, 0.1) is 0 Å². The van der Waals surface area contributed by atoms with Gasteiger partial charge in [-0.05, 0) is 105 Å². The number of rotatable bonds is 4. The molecule has 0 atom stereocenters. The van der Waals surface area contributed by atoms with E-state index in [0.717, 1.165) is 44.0 Å². The highest BCUT2D eigenvalue weighted by atomic mass is 15.0. The van der Waals surface area contributed by atoms with Crippen molar-refractivity contribution in [3.05, 3.63) is 188 Å². The third-order valence-corrected chi connectivity index (χ3v) is 11.6. The summed E-state index contributed by atoms with van der Waals surface area (Å²) in [6, 6.07) is 67.6. The van der Waals surface area contributed by atoms with Gasteiger partial charge in [-0.15, -0.1) is 0 Å². The molecule has 0 amide bonds. The lowest BCUT2D eigenvalue weighted by Gasteiger charge is -2.17. The summed E-state index contributed by atoms with van der Waals surface area (Å²) >= 11 is 0. The molecule has 0 unspecified atom stereocenters. The zero-order chi connectivity index (χ0) is 36.7. The van der Waals surface area contributed by atoms with Gasteiger partial charge in [0.25, 0.3) is 0 Å². The Balaban J connectivity index is 1.20. The highest BCUT2D eigenvalue weighted by molar-refractivity contribution is 6.37. The first kappa shape index (κ1) is 30.9. The lowest BCUT2D eigenvalue weighted by Crippen LogP contribution is -2.01. The van der Waals surface area contributed by atoms with Crippen molar-refractivity contribution in [1.29, 1.82) is 0 Å². The monoisotopic (exact) mass is 709 g/mol. The fraction of sp³-hybridized carbons (Fsp3) is 0. The van der Waals surface area contributed by atoms with Crippen molar-refractivity contribution in [1.82, 2.24) is 15.0 Å². The van der Waals surface area contributed by atoms with Gasteiger partial charge in [0.15, 0.2) is 17.5 Å². The van der Waals surface area contributed by atoms with Gasteiger partial charge in [-0.2, -0.15) is 0 Å². The Bertz CT molecular complexity index is 3520. The van der Waals surface area contributed by atoms with Crippen molar-refractivity contribution < 1.29 is 0 Å². The number of hydrogen-bond donors (Lipinski definition) is 0. The van der Waals surface area contributed by atoms with Gasteiger partial charge in [0.1, 0.15) is 0 Å². The first-order valence-electron chi connectivity index (χ1n) is 19.1. The predicted molar refractivity (Wildman–Crippen MR) is 235 cm³/mol. The molecule has 56 heavy (non-hydrogen) atoms. The van der Waals surface area contributed by atoms with E-state index in [1.165, 1.54) is 59.2 Å². The number of nitrogens with zero attached hydrogens (tertiary/aromatic N) is 3. The molecule has 0 N–H and O–H groups in total. The van der Waals surface area contributed by atoms with E-state index < -0.39 is 0 Å². The van der Waals surface area contributed by atoms with E-state index in [-0.39, 0.29) is 0 Å². The van der Waals surface area contributed by atoms with Gasteiger partial charge in [-0.25, -0.2) is 15.0 Å². The molecule has 12 rings (SSSR count). The number of fused-ring (bicyclic) bond motifs is 3. The standard InChI is InChI=1S/C53H31N3/c1-2-11-32(12-3-1)37-18-6-19-39(29-37)51-54-52(56-53(55-51)45-24-7-14-33-13-4-5-20-41(33)45)40-30-38-28-27-36-16-9-22-43-42-21-8-15-34-25-26-35-17-10-23-44(49(35)47(34)42)46(31-40)50(38)48(36)43/h1-31H. The summed E-state index contributed by atoms with van der Waals surface area (Å²) in [7, 11) is 0. The maximum Gasteiger partial charge on any atom is 0.164 e. The zero-order valence-electron chi connectivity index (χ0n) is 30.2. The topological polar surface area (TPSA) is 38.7 Å². The normalized spacial score (nSPS) is 11.9. The van der Waals surface area contributed by atoms with E-state index in [1.807, 2.05) is 6.07 Å². The quantitative estimate of drug-likeness (QED) is 0.171. The van der Waals surface area contributed by atoms with Crippen LogP contribution >= 0.6 is 0 Å². The van der Waals surface area contributed by atoms with Crippen molar-refractivity contribution in [3.63, 3.8) is 0 Å². The molecule has 12 aromatic rings. The Morgan fingerprint density at radius 2 is 0.696 bits per heavy atom. The summed E-state index contributed by atoms with van der Waals surface area (Å²) in [6.45, 7) is 0. The van der Waals surface area contributed by atoms with Gasteiger partial charge in [0.2, 0.25) is 0 Å². The van der Waals surface area contributed by atoms with Gasteiger partial charge < -0.3 is 0 Å². The maximum absolute atomic E-state index is 5.33. The van der Waals surface area contributed by atoms with Crippen molar-refractivity contribution in [3.8, 4) is 45.3 Å². The van der Waals surface area contributed by atoms with Crippen LogP contribution in [0.2, 0.25) is 0 Å². The zero-order valence-corrected chi connectivity index (χ0v) is 30.2. The summed E-state index contributed by atoms with van der Waals surface area (Å²) in [6.07, 6.45) is 0. The van der Waals surface area contributed by atoms with E-state index in [1.54, 1.807) is 0 Å². The van der Waals surface area contributed by atoms with Gasteiger partial charge >= 0.3 is 0 Å². The van der Waals surface area contributed by atoms with Gasteiger partial charge in [0, 0.05) is 16.7 Å². The second kappa shape index (κ2) is 12.0. The van der Waals surface area contributed by atoms with Crippen molar-refractivity contribution in [2.24, 2.45) is 0 Å². The van der Waals surface area contributed by atoms with Crippen molar-refractivity contribution >= 4 is 75.4 Å². The van der Waals surface area contributed by atoms with Crippen LogP contribution in [-0.4, -0.2) is 15.0 Å². The molecule has 0 spiro atoms. The summed E-state index contributed by atoms with van der Waals surface area (Å²) in [5.41, 5.74) is 5.13. The molecule has 0 fully saturated rings. The minimum Gasteiger partial charge on any atom is -0.208 e. The molecule has 1 heterocycles. The molecule has 0 radical (unpaired) electrons. The Labute approximate surface area is 322 Å². The summed E-state index contributed by atoms with van der Waals surface area (Å²) in [5.74, 6) is 1.93. The molecule has 0 bridgehead atoms. The fourth-order valence-corrected chi connectivity index (χ4v) is 9.06. The molecule has 1 aromatic heterocycles.